The molecule has 3 aromatic carbocycles. The van der Waals surface area contributed by atoms with Gasteiger partial charge in [0, 0.05) is 42.3 Å². The lowest BCUT2D eigenvalue weighted by atomic mass is 10.0. The van der Waals surface area contributed by atoms with Gasteiger partial charge in [0.1, 0.15) is 6.61 Å². The lowest BCUT2D eigenvalue weighted by Crippen LogP contribution is -2.24. The smallest absolute Gasteiger partial charge is 0.407 e. The van der Waals surface area contributed by atoms with Crippen molar-refractivity contribution >= 4 is 23.1 Å². The van der Waals surface area contributed by atoms with Crippen LogP contribution in [0, 0.1) is 6.92 Å². The van der Waals surface area contributed by atoms with Gasteiger partial charge in [0.05, 0.1) is 0 Å². The topological polar surface area (TPSA) is 94.7 Å². The molecule has 174 valence electrons. The molecule has 4 aromatic rings. The summed E-state index contributed by atoms with van der Waals surface area (Å²) in [5.41, 5.74) is 6.77. The fourth-order valence-corrected chi connectivity index (χ4v) is 3.93. The summed E-state index contributed by atoms with van der Waals surface area (Å²) in [6, 6.07) is 23.3. The third kappa shape index (κ3) is 5.20. The molecule has 7 nitrogen and oxygen atoms in total. The van der Waals surface area contributed by atoms with E-state index in [-0.39, 0.29) is 6.61 Å². The number of H-pyrrole nitrogens is 1. The number of aromatic nitrogens is 1. The lowest BCUT2D eigenvalue weighted by Gasteiger charge is -2.16. The number of fused-ring (bicyclic) bond motifs is 1. The Balaban J connectivity index is 1.49. The monoisotopic (exact) mass is 457 g/mol. The number of hydrogen-bond acceptors (Lipinski definition) is 3. The van der Waals surface area contributed by atoms with Crippen molar-refractivity contribution in [1.29, 1.82) is 0 Å². The molecule has 0 aliphatic carbocycles. The number of carboxylic acid groups (broad SMARTS) is 1. The maximum atomic E-state index is 12.1. The van der Waals surface area contributed by atoms with E-state index in [9.17, 15) is 14.7 Å². The first-order chi connectivity index (χ1) is 16.4. The molecule has 3 N–H and O–H groups in total. The number of amides is 2. The summed E-state index contributed by atoms with van der Waals surface area (Å²) in [7, 11) is 1.56. The quantitative estimate of drug-likeness (QED) is 0.333. The van der Waals surface area contributed by atoms with Crippen LogP contribution in [0.15, 0.2) is 72.8 Å². The predicted octanol–water partition coefficient (Wildman–Crippen LogP) is 5.68. The Bertz CT molecular complexity index is 1310. The van der Waals surface area contributed by atoms with Crippen LogP contribution in [0.3, 0.4) is 0 Å². The van der Waals surface area contributed by atoms with Crippen LogP contribution in [-0.2, 0) is 24.4 Å². The molecule has 0 saturated heterocycles. The third-order valence-electron chi connectivity index (χ3n) is 5.79. The molecule has 1 heterocycles. The van der Waals surface area contributed by atoms with Crippen molar-refractivity contribution in [3.8, 4) is 11.3 Å². The Labute approximate surface area is 198 Å². The highest BCUT2D eigenvalue weighted by Crippen LogP contribution is 2.32. The molecule has 0 unspecified atom stereocenters. The highest BCUT2D eigenvalue weighted by molar-refractivity contribution is 5.91. The van der Waals surface area contributed by atoms with Crippen LogP contribution >= 0.6 is 0 Å². The molecular weight excluding hydrogens is 430 g/mol. The molecule has 0 fully saturated rings. The molecule has 0 atom stereocenters. The second-order valence-corrected chi connectivity index (χ2v) is 8.22. The number of carbonyl (C=O) groups excluding carboxylic acids is 1. The zero-order valence-corrected chi connectivity index (χ0v) is 19.2. The zero-order chi connectivity index (χ0) is 24.1. The van der Waals surface area contributed by atoms with Gasteiger partial charge in [-0.2, -0.15) is 0 Å². The van der Waals surface area contributed by atoms with E-state index >= 15 is 0 Å². The number of alkyl carbamates (subject to hydrolysis) is 1. The Kier molecular flexibility index (Phi) is 6.82. The van der Waals surface area contributed by atoms with Gasteiger partial charge in [-0.3, -0.25) is 0 Å². The standard InChI is InChI=1S/C27H27N3O4/c1-18-23-14-20(15-28-26(31)34-17-19-8-4-3-5-9-19)12-13-24(23)29-25(18)22-11-7-6-10-21(22)16-30(2)27(32)33/h3-14,29H,15-17H2,1-2H3,(H,28,31)(H,32,33). The predicted molar refractivity (Wildman–Crippen MR) is 131 cm³/mol. The highest BCUT2D eigenvalue weighted by Gasteiger charge is 2.16. The number of rotatable bonds is 7. The first-order valence-electron chi connectivity index (χ1n) is 11.0. The number of carbonyl (C=O) groups is 2. The molecule has 4 rings (SSSR count). The molecular formula is C27H27N3O4. The molecule has 0 spiro atoms. The van der Waals surface area contributed by atoms with E-state index < -0.39 is 12.2 Å². The van der Waals surface area contributed by atoms with Gasteiger partial charge in [-0.05, 0) is 41.3 Å². The summed E-state index contributed by atoms with van der Waals surface area (Å²) in [4.78, 5) is 28.1. The fraction of sp³-hybridized carbons (Fsp3) is 0.185. The average molecular weight is 458 g/mol. The normalized spacial score (nSPS) is 10.8. The summed E-state index contributed by atoms with van der Waals surface area (Å²) >= 11 is 0. The van der Waals surface area contributed by atoms with Crippen molar-refractivity contribution < 1.29 is 19.4 Å². The summed E-state index contributed by atoms with van der Waals surface area (Å²) in [5.74, 6) is 0. The fourth-order valence-electron chi connectivity index (χ4n) is 3.93. The summed E-state index contributed by atoms with van der Waals surface area (Å²) < 4.78 is 5.28. The molecule has 0 bridgehead atoms. The van der Waals surface area contributed by atoms with Crippen LogP contribution < -0.4 is 5.32 Å². The maximum absolute atomic E-state index is 12.1. The van der Waals surface area contributed by atoms with E-state index in [0.717, 1.165) is 44.4 Å². The molecule has 0 saturated carbocycles. The number of benzene rings is 3. The Hall–Kier alpha value is -4.26. The highest BCUT2D eigenvalue weighted by atomic mass is 16.5. The van der Waals surface area contributed by atoms with Crippen LogP contribution in [-0.4, -0.2) is 34.2 Å². The van der Waals surface area contributed by atoms with Crippen LogP contribution in [0.4, 0.5) is 9.59 Å². The first kappa shape index (κ1) is 22.9. The first-order valence-corrected chi connectivity index (χ1v) is 11.0. The van der Waals surface area contributed by atoms with Crippen molar-refractivity contribution in [3.63, 3.8) is 0 Å². The lowest BCUT2D eigenvalue weighted by molar-refractivity contribution is 0.139. The number of ether oxygens (including phenoxy) is 1. The molecule has 0 aliphatic rings. The second-order valence-electron chi connectivity index (χ2n) is 8.22. The van der Waals surface area contributed by atoms with E-state index in [1.165, 1.54) is 4.90 Å². The van der Waals surface area contributed by atoms with Gasteiger partial charge >= 0.3 is 12.2 Å². The SMILES string of the molecule is Cc1c(-c2ccccc2CN(C)C(=O)O)[nH]c2ccc(CNC(=O)OCc3ccccc3)cc12. The van der Waals surface area contributed by atoms with Gasteiger partial charge in [-0.1, -0.05) is 60.7 Å². The molecule has 1 aromatic heterocycles. The summed E-state index contributed by atoms with van der Waals surface area (Å²) in [6.07, 6.45) is -1.44. The van der Waals surface area contributed by atoms with Gasteiger partial charge in [-0.15, -0.1) is 0 Å². The van der Waals surface area contributed by atoms with E-state index in [4.69, 9.17) is 4.74 Å². The summed E-state index contributed by atoms with van der Waals surface area (Å²) in [5, 5.41) is 13.1. The molecule has 2 amide bonds. The van der Waals surface area contributed by atoms with Crippen molar-refractivity contribution in [3.05, 3.63) is 95.1 Å². The second kappa shape index (κ2) is 10.1. The number of aryl methyl sites for hydroxylation is 1. The van der Waals surface area contributed by atoms with Crippen LogP contribution in [0.25, 0.3) is 22.2 Å². The molecule has 34 heavy (non-hydrogen) atoms. The maximum Gasteiger partial charge on any atom is 0.407 e. The van der Waals surface area contributed by atoms with Gasteiger partial charge in [0.15, 0.2) is 0 Å². The van der Waals surface area contributed by atoms with Crippen molar-refractivity contribution in [1.82, 2.24) is 15.2 Å². The molecule has 0 aliphatic heterocycles. The van der Waals surface area contributed by atoms with Gasteiger partial charge in [-0.25, -0.2) is 9.59 Å². The van der Waals surface area contributed by atoms with E-state index in [1.54, 1.807) is 7.05 Å². The number of nitrogens with one attached hydrogen (secondary N) is 2. The van der Waals surface area contributed by atoms with Crippen molar-refractivity contribution in [2.75, 3.05) is 7.05 Å². The van der Waals surface area contributed by atoms with Crippen molar-refractivity contribution in [2.24, 2.45) is 0 Å². The molecule has 0 radical (unpaired) electrons. The van der Waals surface area contributed by atoms with E-state index in [0.29, 0.717) is 13.1 Å². The Morgan fingerprint density at radius 1 is 1.00 bits per heavy atom. The van der Waals surface area contributed by atoms with Crippen molar-refractivity contribution in [2.45, 2.75) is 26.6 Å². The van der Waals surface area contributed by atoms with E-state index in [1.807, 2.05) is 79.7 Å². The summed E-state index contributed by atoms with van der Waals surface area (Å²) in [6.45, 7) is 2.91. The Morgan fingerprint density at radius 3 is 2.50 bits per heavy atom. The molecule has 7 heteroatoms. The van der Waals surface area contributed by atoms with E-state index in [2.05, 4.69) is 10.3 Å². The number of nitrogens with zero attached hydrogens (tertiary/aromatic N) is 1. The zero-order valence-electron chi connectivity index (χ0n) is 19.2. The minimum atomic E-state index is -0.970. The average Bonchev–Trinajstić information content (AvgIpc) is 3.18. The number of aromatic amines is 1. The van der Waals surface area contributed by atoms with Gasteiger partial charge in [0.25, 0.3) is 0 Å². The number of hydrogen-bond donors (Lipinski definition) is 3. The van der Waals surface area contributed by atoms with Gasteiger partial charge < -0.3 is 25.0 Å². The van der Waals surface area contributed by atoms with Gasteiger partial charge in [0.2, 0.25) is 0 Å². The Morgan fingerprint density at radius 2 is 1.74 bits per heavy atom. The van der Waals surface area contributed by atoms with Crippen LogP contribution in [0.2, 0.25) is 0 Å². The van der Waals surface area contributed by atoms with Crippen LogP contribution in [0.1, 0.15) is 22.3 Å². The largest absolute Gasteiger partial charge is 0.465 e. The minimum Gasteiger partial charge on any atom is -0.465 e. The minimum absolute atomic E-state index is 0.225. The van der Waals surface area contributed by atoms with Crippen LogP contribution in [0.5, 0.6) is 0 Å². The third-order valence-corrected chi connectivity index (χ3v) is 5.79.